The summed E-state index contributed by atoms with van der Waals surface area (Å²) in [7, 11) is 2.22. The minimum absolute atomic E-state index is 0.870. The van der Waals surface area contributed by atoms with E-state index in [9.17, 15) is 0 Å². The van der Waals surface area contributed by atoms with Crippen molar-refractivity contribution in [1.29, 1.82) is 0 Å². The molecule has 1 aromatic rings. The minimum Gasteiger partial charge on any atom is -0.311 e. The molecular weight excluding hydrogens is 218 g/mol. The molecule has 0 unspecified atom stereocenters. The summed E-state index contributed by atoms with van der Waals surface area (Å²) in [4.78, 5) is 8.27. The highest BCUT2D eigenvalue weighted by molar-refractivity contribution is 7.11. The molecular formula is C12H21N3S. The third kappa shape index (κ3) is 3.27. The predicted molar refractivity (Wildman–Crippen MR) is 68.9 cm³/mol. The van der Waals surface area contributed by atoms with Crippen LogP contribution >= 0.6 is 11.3 Å². The van der Waals surface area contributed by atoms with E-state index in [1.807, 2.05) is 0 Å². The fraction of sp³-hybridized carbons (Fsp3) is 0.750. The van der Waals surface area contributed by atoms with Crippen molar-refractivity contribution >= 4 is 11.3 Å². The second-order valence-electron chi connectivity index (χ2n) is 4.63. The van der Waals surface area contributed by atoms with Gasteiger partial charge in [0.1, 0.15) is 0 Å². The van der Waals surface area contributed by atoms with E-state index in [2.05, 4.69) is 36.1 Å². The van der Waals surface area contributed by atoms with Crippen LogP contribution < -0.4 is 5.32 Å². The molecule has 1 aliphatic rings. The Bertz CT molecular complexity index is 344. The first-order valence-electron chi connectivity index (χ1n) is 6.00. The van der Waals surface area contributed by atoms with Crippen molar-refractivity contribution in [3.8, 4) is 0 Å². The normalized spacial score (nSPS) is 16.0. The fourth-order valence-electron chi connectivity index (χ4n) is 1.89. The van der Waals surface area contributed by atoms with Gasteiger partial charge in [0, 0.05) is 30.6 Å². The van der Waals surface area contributed by atoms with Crippen LogP contribution in [0.2, 0.25) is 0 Å². The molecule has 0 atom stereocenters. The number of likely N-dealkylation sites (N-methyl/N-ethyl adjacent to an activating group) is 1. The lowest BCUT2D eigenvalue weighted by Gasteiger charge is -2.15. The summed E-state index contributed by atoms with van der Waals surface area (Å²) in [6, 6.07) is 0.870. The SMILES string of the molecule is Cc1nc(C)c(CNCCN(C)C2CC2)s1. The molecule has 0 radical (unpaired) electrons. The Morgan fingerprint density at radius 1 is 1.44 bits per heavy atom. The maximum Gasteiger partial charge on any atom is 0.0900 e. The first kappa shape index (κ1) is 12.0. The molecule has 0 bridgehead atoms. The summed E-state index contributed by atoms with van der Waals surface area (Å²) in [5.41, 5.74) is 1.19. The number of hydrogen-bond acceptors (Lipinski definition) is 4. The second kappa shape index (κ2) is 5.25. The molecule has 4 heteroatoms. The van der Waals surface area contributed by atoms with Gasteiger partial charge in [-0.05, 0) is 33.7 Å². The molecule has 1 aliphatic carbocycles. The maximum atomic E-state index is 4.43. The molecule has 1 aromatic heterocycles. The molecule has 16 heavy (non-hydrogen) atoms. The van der Waals surface area contributed by atoms with Gasteiger partial charge in [0.05, 0.1) is 10.7 Å². The van der Waals surface area contributed by atoms with Crippen molar-refractivity contribution in [2.45, 2.75) is 39.3 Å². The van der Waals surface area contributed by atoms with Crippen LogP contribution in [0.25, 0.3) is 0 Å². The summed E-state index contributed by atoms with van der Waals surface area (Å²) < 4.78 is 0. The zero-order valence-electron chi connectivity index (χ0n) is 10.4. The third-order valence-corrected chi connectivity index (χ3v) is 4.17. The highest BCUT2D eigenvalue weighted by Gasteiger charge is 2.25. The summed E-state index contributed by atoms with van der Waals surface area (Å²) in [6.45, 7) is 7.36. The van der Waals surface area contributed by atoms with Gasteiger partial charge in [0.2, 0.25) is 0 Å². The van der Waals surface area contributed by atoms with Crippen LogP contribution in [0.15, 0.2) is 0 Å². The van der Waals surface area contributed by atoms with E-state index in [1.165, 1.54) is 28.4 Å². The Morgan fingerprint density at radius 2 is 2.19 bits per heavy atom. The molecule has 0 amide bonds. The zero-order valence-corrected chi connectivity index (χ0v) is 11.2. The molecule has 90 valence electrons. The van der Waals surface area contributed by atoms with E-state index in [-0.39, 0.29) is 0 Å². The van der Waals surface area contributed by atoms with Gasteiger partial charge in [-0.3, -0.25) is 0 Å². The van der Waals surface area contributed by atoms with Crippen LogP contribution in [0, 0.1) is 13.8 Å². The van der Waals surface area contributed by atoms with Crippen LogP contribution in [0.5, 0.6) is 0 Å². The summed E-state index contributed by atoms with van der Waals surface area (Å²) in [6.07, 6.45) is 2.79. The Balaban J connectivity index is 1.65. The summed E-state index contributed by atoms with van der Waals surface area (Å²) >= 11 is 1.80. The Kier molecular flexibility index (Phi) is 3.95. The van der Waals surface area contributed by atoms with Gasteiger partial charge >= 0.3 is 0 Å². The lowest BCUT2D eigenvalue weighted by atomic mass is 10.4. The van der Waals surface area contributed by atoms with Crippen molar-refractivity contribution in [2.75, 3.05) is 20.1 Å². The Morgan fingerprint density at radius 3 is 2.75 bits per heavy atom. The average Bonchev–Trinajstić information content (AvgIpc) is 3.01. The molecule has 1 saturated carbocycles. The highest BCUT2D eigenvalue weighted by Crippen LogP contribution is 2.24. The van der Waals surface area contributed by atoms with E-state index < -0.39 is 0 Å². The largest absolute Gasteiger partial charge is 0.311 e. The van der Waals surface area contributed by atoms with Gasteiger partial charge < -0.3 is 10.2 Å². The number of rotatable bonds is 6. The maximum absolute atomic E-state index is 4.43. The van der Waals surface area contributed by atoms with E-state index in [0.29, 0.717) is 0 Å². The lowest BCUT2D eigenvalue weighted by molar-refractivity contribution is 0.322. The van der Waals surface area contributed by atoms with E-state index in [4.69, 9.17) is 0 Å². The van der Waals surface area contributed by atoms with Crippen molar-refractivity contribution in [1.82, 2.24) is 15.2 Å². The number of aromatic nitrogens is 1. The van der Waals surface area contributed by atoms with Crippen molar-refractivity contribution in [3.63, 3.8) is 0 Å². The van der Waals surface area contributed by atoms with Gasteiger partial charge in [-0.25, -0.2) is 4.98 Å². The number of hydrogen-bond donors (Lipinski definition) is 1. The van der Waals surface area contributed by atoms with Gasteiger partial charge in [-0.1, -0.05) is 0 Å². The molecule has 0 saturated heterocycles. The van der Waals surface area contributed by atoms with E-state index in [0.717, 1.165) is 25.7 Å². The molecule has 0 spiro atoms. The van der Waals surface area contributed by atoms with Gasteiger partial charge in [-0.15, -0.1) is 11.3 Å². The molecule has 2 rings (SSSR count). The summed E-state index contributed by atoms with van der Waals surface area (Å²) in [5.74, 6) is 0. The average molecular weight is 239 g/mol. The third-order valence-electron chi connectivity index (χ3n) is 3.10. The summed E-state index contributed by atoms with van der Waals surface area (Å²) in [5, 5.41) is 4.67. The molecule has 1 heterocycles. The number of thiazole rings is 1. The molecule has 0 aromatic carbocycles. The number of nitrogens with one attached hydrogen (secondary N) is 1. The van der Waals surface area contributed by atoms with Crippen molar-refractivity contribution in [3.05, 3.63) is 15.6 Å². The van der Waals surface area contributed by atoms with E-state index in [1.54, 1.807) is 11.3 Å². The van der Waals surface area contributed by atoms with Crippen LogP contribution in [-0.2, 0) is 6.54 Å². The van der Waals surface area contributed by atoms with Crippen LogP contribution in [0.4, 0.5) is 0 Å². The number of nitrogens with zero attached hydrogens (tertiary/aromatic N) is 2. The topological polar surface area (TPSA) is 28.2 Å². The van der Waals surface area contributed by atoms with Gasteiger partial charge in [0.15, 0.2) is 0 Å². The van der Waals surface area contributed by atoms with Crippen LogP contribution in [0.1, 0.15) is 28.4 Å². The first-order valence-corrected chi connectivity index (χ1v) is 6.82. The van der Waals surface area contributed by atoms with Crippen LogP contribution in [0.3, 0.4) is 0 Å². The molecule has 1 N–H and O–H groups in total. The zero-order chi connectivity index (χ0) is 11.5. The quantitative estimate of drug-likeness (QED) is 0.769. The van der Waals surface area contributed by atoms with Crippen molar-refractivity contribution in [2.24, 2.45) is 0 Å². The molecule has 1 fully saturated rings. The molecule has 3 nitrogen and oxygen atoms in total. The van der Waals surface area contributed by atoms with Gasteiger partial charge in [-0.2, -0.15) is 0 Å². The monoisotopic (exact) mass is 239 g/mol. The lowest BCUT2D eigenvalue weighted by Crippen LogP contribution is -2.30. The van der Waals surface area contributed by atoms with Crippen LogP contribution in [-0.4, -0.2) is 36.1 Å². The highest BCUT2D eigenvalue weighted by atomic mass is 32.1. The standard InChI is InChI=1S/C12H21N3S/c1-9-12(16-10(2)14-9)8-13-6-7-15(3)11-4-5-11/h11,13H,4-8H2,1-3H3. The molecule has 0 aliphatic heterocycles. The smallest absolute Gasteiger partial charge is 0.0900 e. The first-order chi connectivity index (χ1) is 7.66. The van der Waals surface area contributed by atoms with Gasteiger partial charge in [0.25, 0.3) is 0 Å². The Hall–Kier alpha value is -0.450. The predicted octanol–water partition coefficient (Wildman–Crippen LogP) is 1.94. The minimum atomic E-state index is 0.870. The Labute approximate surface area is 102 Å². The fourth-order valence-corrected chi connectivity index (χ4v) is 2.80. The van der Waals surface area contributed by atoms with E-state index >= 15 is 0 Å². The van der Waals surface area contributed by atoms with Crippen molar-refractivity contribution < 1.29 is 0 Å². The number of aryl methyl sites for hydroxylation is 2. The second-order valence-corrected chi connectivity index (χ2v) is 5.92.